The molecule has 0 aliphatic carbocycles. The third-order valence-electron chi connectivity index (χ3n) is 5.06. The highest BCUT2D eigenvalue weighted by Crippen LogP contribution is 2.22. The first kappa shape index (κ1) is 21.9. The summed E-state index contributed by atoms with van der Waals surface area (Å²) >= 11 is 3.52. The lowest BCUT2D eigenvalue weighted by molar-refractivity contribution is 0.0994. The number of furan rings is 1. The largest absolute Gasteiger partial charge is 0.471 e. The molecule has 3 aromatic heterocycles. The van der Waals surface area contributed by atoms with Crippen molar-refractivity contribution < 1.29 is 13.9 Å². The van der Waals surface area contributed by atoms with Crippen LogP contribution in [0.4, 0.5) is 5.69 Å². The summed E-state index contributed by atoms with van der Waals surface area (Å²) in [6, 6.07) is 9.44. The fourth-order valence-corrected chi connectivity index (χ4v) is 3.63. The molecule has 0 spiro atoms. The normalized spacial score (nSPS) is 11.0. The summed E-state index contributed by atoms with van der Waals surface area (Å²) in [5.41, 5.74) is 4.71. The number of nitrogens with one attached hydrogen (secondary N) is 1. The predicted octanol–water partition coefficient (Wildman–Crippen LogP) is 5.01. The number of ether oxygens (including phenoxy) is 1. The summed E-state index contributed by atoms with van der Waals surface area (Å²) in [5, 5.41) is 11.5. The number of hydrogen-bond acceptors (Lipinski definition) is 5. The number of halogens is 1. The maximum absolute atomic E-state index is 12.6. The van der Waals surface area contributed by atoms with Crippen molar-refractivity contribution in [3.05, 3.63) is 81.2 Å². The molecule has 4 aromatic rings. The van der Waals surface area contributed by atoms with Gasteiger partial charge in [0.1, 0.15) is 11.5 Å². The number of nitrogens with zero attached hydrogens (tertiary/aromatic N) is 4. The average molecular weight is 498 g/mol. The monoisotopic (exact) mass is 497 g/mol. The van der Waals surface area contributed by atoms with Gasteiger partial charge in [-0.05, 0) is 67.4 Å². The van der Waals surface area contributed by atoms with E-state index >= 15 is 0 Å². The van der Waals surface area contributed by atoms with Crippen molar-refractivity contribution in [3.8, 4) is 5.75 Å². The zero-order valence-corrected chi connectivity index (χ0v) is 19.9. The molecule has 32 heavy (non-hydrogen) atoms. The van der Waals surface area contributed by atoms with E-state index in [2.05, 4.69) is 37.5 Å². The Morgan fingerprint density at radius 1 is 1.19 bits per heavy atom. The molecular weight excluding hydrogens is 474 g/mol. The third kappa shape index (κ3) is 4.77. The van der Waals surface area contributed by atoms with Gasteiger partial charge in [0, 0.05) is 0 Å². The van der Waals surface area contributed by atoms with Gasteiger partial charge in [0.2, 0.25) is 0 Å². The van der Waals surface area contributed by atoms with Crippen LogP contribution in [-0.4, -0.2) is 25.5 Å². The van der Waals surface area contributed by atoms with Gasteiger partial charge in [0.05, 0.1) is 40.5 Å². The molecule has 0 saturated heterocycles. The highest BCUT2D eigenvalue weighted by molar-refractivity contribution is 9.10. The van der Waals surface area contributed by atoms with E-state index in [1.807, 2.05) is 44.5 Å². The van der Waals surface area contributed by atoms with E-state index in [0.29, 0.717) is 18.0 Å². The molecule has 0 aliphatic heterocycles. The Kier molecular flexibility index (Phi) is 6.18. The Balaban J connectivity index is 1.35. The Labute approximate surface area is 194 Å². The Hall–Kier alpha value is -3.33. The lowest BCUT2D eigenvalue weighted by atomic mass is 10.1. The third-order valence-corrected chi connectivity index (χ3v) is 6.21. The molecule has 0 radical (unpaired) electrons. The van der Waals surface area contributed by atoms with Gasteiger partial charge in [-0.1, -0.05) is 17.7 Å². The molecule has 0 fully saturated rings. The number of benzene rings is 1. The van der Waals surface area contributed by atoms with Crippen LogP contribution in [0.1, 0.15) is 38.8 Å². The number of carbonyl (C=O) groups is 1. The maximum atomic E-state index is 12.6. The lowest BCUT2D eigenvalue weighted by Crippen LogP contribution is -2.11. The average Bonchev–Trinajstić information content (AvgIpc) is 3.45. The summed E-state index contributed by atoms with van der Waals surface area (Å²) in [5.74, 6) is 1.32. The topological polar surface area (TPSA) is 87.1 Å². The quantitative estimate of drug-likeness (QED) is 0.387. The first-order valence-electron chi connectivity index (χ1n) is 10.1. The van der Waals surface area contributed by atoms with Crippen LogP contribution in [0.3, 0.4) is 0 Å². The summed E-state index contributed by atoms with van der Waals surface area (Å²) in [6.07, 6.45) is 3.28. The van der Waals surface area contributed by atoms with Gasteiger partial charge >= 0.3 is 0 Å². The minimum absolute atomic E-state index is 0.222. The molecule has 1 amide bonds. The van der Waals surface area contributed by atoms with Gasteiger partial charge in [0.25, 0.3) is 5.91 Å². The molecule has 4 rings (SSSR count). The summed E-state index contributed by atoms with van der Waals surface area (Å²) in [4.78, 5) is 12.6. The van der Waals surface area contributed by atoms with E-state index < -0.39 is 0 Å². The van der Waals surface area contributed by atoms with Gasteiger partial charge in [-0.25, -0.2) is 4.68 Å². The second-order valence-electron chi connectivity index (χ2n) is 7.67. The van der Waals surface area contributed by atoms with Crippen molar-refractivity contribution in [2.24, 2.45) is 0 Å². The van der Waals surface area contributed by atoms with Crippen LogP contribution in [-0.2, 0) is 13.3 Å². The molecule has 0 aliphatic rings. The molecule has 1 N–H and O–H groups in total. The fraction of sp³-hybridized carbons (Fsp3) is 0.261. The number of aromatic nitrogens is 4. The molecule has 9 heteroatoms. The highest BCUT2D eigenvalue weighted by atomic mass is 79.9. The van der Waals surface area contributed by atoms with Crippen LogP contribution in [0.2, 0.25) is 0 Å². The number of aryl methyl sites for hydroxylation is 3. The number of carbonyl (C=O) groups excluding carboxylic acids is 1. The van der Waals surface area contributed by atoms with Crippen LogP contribution in [0.15, 0.2) is 51.6 Å². The van der Waals surface area contributed by atoms with Gasteiger partial charge in [-0.2, -0.15) is 10.2 Å². The van der Waals surface area contributed by atoms with Crippen LogP contribution >= 0.6 is 15.9 Å². The van der Waals surface area contributed by atoms with E-state index in [1.54, 1.807) is 29.2 Å². The first-order valence-corrected chi connectivity index (χ1v) is 10.9. The van der Waals surface area contributed by atoms with Crippen LogP contribution in [0.5, 0.6) is 5.75 Å². The zero-order chi connectivity index (χ0) is 22.8. The fourth-order valence-electron chi connectivity index (χ4n) is 3.35. The summed E-state index contributed by atoms with van der Waals surface area (Å²) in [7, 11) is 0. The minimum atomic E-state index is -0.347. The molecular formula is C23H24BrN5O3. The molecule has 0 atom stereocenters. The second kappa shape index (κ2) is 9.04. The molecule has 166 valence electrons. The Bertz CT molecular complexity index is 1270. The number of amides is 1. The standard InChI is InChI=1S/C23H24BrN5O3/c1-14-5-7-20(15(2)9-14)31-13-28-11-18(10-25-28)26-23(30)21-8-6-19(32-21)12-29-17(4)22(24)16(3)27-29/h5-11H,12-13H2,1-4H3,(H,26,30). The molecule has 0 bridgehead atoms. The van der Waals surface area contributed by atoms with Crippen LogP contribution in [0.25, 0.3) is 0 Å². The van der Waals surface area contributed by atoms with Gasteiger partial charge in [0.15, 0.2) is 12.5 Å². The van der Waals surface area contributed by atoms with Crippen molar-refractivity contribution >= 4 is 27.5 Å². The van der Waals surface area contributed by atoms with Gasteiger partial charge in [-0.3, -0.25) is 9.48 Å². The van der Waals surface area contributed by atoms with E-state index in [-0.39, 0.29) is 18.4 Å². The number of anilines is 1. The smallest absolute Gasteiger partial charge is 0.291 e. The first-order chi connectivity index (χ1) is 15.3. The van der Waals surface area contributed by atoms with E-state index in [9.17, 15) is 4.79 Å². The van der Waals surface area contributed by atoms with Gasteiger partial charge in [-0.15, -0.1) is 0 Å². The second-order valence-corrected chi connectivity index (χ2v) is 8.47. The van der Waals surface area contributed by atoms with Crippen molar-refractivity contribution in [2.75, 3.05) is 5.32 Å². The van der Waals surface area contributed by atoms with Crippen LogP contribution < -0.4 is 10.1 Å². The predicted molar refractivity (Wildman–Crippen MR) is 124 cm³/mol. The minimum Gasteiger partial charge on any atom is -0.471 e. The van der Waals surface area contributed by atoms with E-state index in [0.717, 1.165) is 27.2 Å². The molecule has 8 nitrogen and oxygen atoms in total. The maximum Gasteiger partial charge on any atom is 0.291 e. The zero-order valence-electron chi connectivity index (χ0n) is 18.3. The lowest BCUT2D eigenvalue weighted by Gasteiger charge is -2.09. The van der Waals surface area contributed by atoms with E-state index in [4.69, 9.17) is 9.15 Å². The number of hydrogen-bond donors (Lipinski definition) is 1. The highest BCUT2D eigenvalue weighted by Gasteiger charge is 2.15. The SMILES string of the molecule is Cc1ccc(OCn2cc(NC(=O)c3ccc(Cn4nc(C)c(Br)c4C)o3)cn2)c(C)c1. The van der Waals surface area contributed by atoms with E-state index in [1.165, 1.54) is 5.56 Å². The van der Waals surface area contributed by atoms with Crippen molar-refractivity contribution in [3.63, 3.8) is 0 Å². The Morgan fingerprint density at radius 2 is 2.00 bits per heavy atom. The molecule has 0 unspecified atom stereocenters. The van der Waals surface area contributed by atoms with Crippen molar-refractivity contribution in [2.45, 2.75) is 41.0 Å². The molecule has 3 heterocycles. The Morgan fingerprint density at radius 3 is 2.72 bits per heavy atom. The molecule has 1 aromatic carbocycles. The number of rotatable bonds is 7. The van der Waals surface area contributed by atoms with Crippen molar-refractivity contribution in [1.29, 1.82) is 0 Å². The summed E-state index contributed by atoms with van der Waals surface area (Å²) < 4.78 is 16.0. The van der Waals surface area contributed by atoms with Gasteiger partial charge < -0.3 is 14.5 Å². The van der Waals surface area contributed by atoms with Crippen molar-refractivity contribution in [1.82, 2.24) is 19.6 Å². The molecule has 0 saturated carbocycles. The summed E-state index contributed by atoms with van der Waals surface area (Å²) in [6.45, 7) is 8.63. The van der Waals surface area contributed by atoms with Crippen LogP contribution in [0, 0.1) is 27.7 Å².